The number of amides is 4. The second kappa shape index (κ2) is 10.6. The fourth-order valence-corrected chi connectivity index (χ4v) is 1.79. The molecule has 0 aromatic carbocycles. The molecule has 4 amide bonds. The summed E-state index contributed by atoms with van der Waals surface area (Å²) in [4.78, 5) is 67.4. The van der Waals surface area contributed by atoms with Crippen LogP contribution in [0.1, 0.15) is 25.7 Å². The van der Waals surface area contributed by atoms with E-state index < -0.39 is 66.5 Å². The summed E-state index contributed by atoms with van der Waals surface area (Å²) in [6.45, 7) is 0. The van der Waals surface area contributed by atoms with Crippen LogP contribution in [0.15, 0.2) is 0 Å². The first-order valence-corrected chi connectivity index (χ1v) is 7.31. The van der Waals surface area contributed by atoms with Crippen LogP contribution in [-0.2, 0) is 28.8 Å². The molecule has 0 saturated carbocycles. The fourth-order valence-electron chi connectivity index (χ4n) is 1.79. The summed E-state index contributed by atoms with van der Waals surface area (Å²) in [7, 11) is 0. The number of primary amides is 2. The molecule has 0 aliphatic carbocycles. The zero-order valence-corrected chi connectivity index (χ0v) is 13.6. The van der Waals surface area contributed by atoms with Crippen LogP contribution >= 0.6 is 0 Å². The van der Waals surface area contributed by atoms with Gasteiger partial charge in [-0.15, -0.1) is 0 Å². The van der Waals surface area contributed by atoms with Crippen molar-refractivity contribution < 1.29 is 39.0 Å². The van der Waals surface area contributed by atoms with E-state index in [9.17, 15) is 28.8 Å². The van der Waals surface area contributed by atoms with Crippen LogP contribution in [0.2, 0.25) is 0 Å². The highest BCUT2D eigenvalue weighted by atomic mass is 16.4. The third kappa shape index (κ3) is 9.17. The molecule has 0 heterocycles. The number of hydrogen-bond donors (Lipinski definition) is 7. The lowest BCUT2D eigenvalue weighted by atomic mass is 10.1. The lowest BCUT2D eigenvalue weighted by Crippen LogP contribution is -2.55. The largest absolute Gasteiger partial charge is 0.481 e. The molecular formula is C13H21N5O8. The molecule has 0 unspecified atom stereocenters. The van der Waals surface area contributed by atoms with Crippen molar-refractivity contribution in [1.82, 2.24) is 10.6 Å². The lowest BCUT2D eigenvalue weighted by molar-refractivity contribution is -0.143. The maximum absolute atomic E-state index is 12.1. The number of carbonyl (C=O) groups is 6. The monoisotopic (exact) mass is 375 g/mol. The SMILES string of the molecule is NC(=O)CC[C@H](NC(=O)[C@H](CC(=O)O)NC(=O)[C@@H](N)CC(N)=O)C(=O)O. The molecule has 13 heteroatoms. The van der Waals surface area contributed by atoms with Crippen molar-refractivity contribution in [3.8, 4) is 0 Å². The average Bonchev–Trinajstić information content (AvgIpc) is 2.48. The molecule has 0 bridgehead atoms. The van der Waals surface area contributed by atoms with Gasteiger partial charge in [0.2, 0.25) is 23.6 Å². The smallest absolute Gasteiger partial charge is 0.326 e. The van der Waals surface area contributed by atoms with E-state index in [1.54, 1.807) is 0 Å². The van der Waals surface area contributed by atoms with Crippen LogP contribution in [0, 0.1) is 0 Å². The molecule has 10 N–H and O–H groups in total. The van der Waals surface area contributed by atoms with Gasteiger partial charge in [0.15, 0.2) is 0 Å². The van der Waals surface area contributed by atoms with Gasteiger partial charge in [-0.2, -0.15) is 0 Å². The van der Waals surface area contributed by atoms with Crippen LogP contribution in [0.25, 0.3) is 0 Å². The predicted octanol–water partition coefficient (Wildman–Crippen LogP) is -4.02. The van der Waals surface area contributed by atoms with Gasteiger partial charge in [0, 0.05) is 6.42 Å². The number of aliphatic carboxylic acids is 2. The molecule has 0 saturated heterocycles. The zero-order valence-electron chi connectivity index (χ0n) is 13.6. The van der Waals surface area contributed by atoms with Gasteiger partial charge in [-0.25, -0.2) is 4.79 Å². The van der Waals surface area contributed by atoms with Crippen molar-refractivity contribution in [2.24, 2.45) is 17.2 Å². The number of carboxylic acids is 2. The Morgan fingerprint density at radius 1 is 0.808 bits per heavy atom. The van der Waals surface area contributed by atoms with Crippen molar-refractivity contribution in [2.45, 2.75) is 43.8 Å². The third-order valence-electron chi connectivity index (χ3n) is 3.06. The molecular weight excluding hydrogens is 354 g/mol. The van der Waals surface area contributed by atoms with Gasteiger partial charge < -0.3 is 38.0 Å². The number of carbonyl (C=O) groups excluding carboxylic acids is 4. The summed E-state index contributed by atoms with van der Waals surface area (Å²) in [5, 5.41) is 21.9. The van der Waals surface area contributed by atoms with E-state index in [4.69, 9.17) is 27.4 Å². The van der Waals surface area contributed by atoms with Crippen molar-refractivity contribution in [3.63, 3.8) is 0 Å². The van der Waals surface area contributed by atoms with E-state index in [-0.39, 0.29) is 12.8 Å². The number of nitrogens with one attached hydrogen (secondary N) is 2. The Kier molecular flexibility index (Phi) is 9.29. The second-order valence-corrected chi connectivity index (χ2v) is 5.34. The summed E-state index contributed by atoms with van der Waals surface area (Å²) >= 11 is 0. The lowest BCUT2D eigenvalue weighted by Gasteiger charge is -2.21. The summed E-state index contributed by atoms with van der Waals surface area (Å²) in [5.41, 5.74) is 15.2. The van der Waals surface area contributed by atoms with Gasteiger partial charge >= 0.3 is 11.9 Å². The van der Waals surface area contributed by atoms with E-state index in [1.807, 2.05) is 10.6 Å². The first-order valence-electron chi connectivity index (χ1n) is 7.31. The Morgan fingerprint density at radius 2 is 1.35 bits per heavy atom. The average molecular weight is 375 g/mol. The molecule has 26 heavy (non-hydrogen) atoms. The van der Waals surface area contributed by atoms with Crippen LogP contribution < -0.4 is 27.8 Å². The molecule has 0 radical (unpaired) electrons. The van der Waals surface area contributed by atoms with E-state index >= 15 is 0 Å². The molecule has 3 atom stereocenters. The van der Waals surface area contributed by atoms with Gasteiger partial charge in [0.1, 0.15) is 12.1 Å². The van der Waals surface area contributed by atoms with Crippen molar-refractivity contribution in [1.29, 1.82) is 0 Å². The number of rotatable bonds is 12. The Labute approximate surface area is 147 Å². The van der Waals surface area contributed by atoms with Crippen LogP contribution in [0.3, 0.4) is 0 Å². The Bertz CT molecular complexity index is 593. The topological polar surface area (TPSA) is 245 Å². The van der Waals surface area contributed by atoms with Gasteiger partial charge in [-0.05, 0) is 6.42 Å². The van der Waals surface area contributed by atoms with Crippen LogP contribution in [0.5, 0.6) is 0 Å². The molecule has 0 aliphatic heterocycles. The van der Waals surface area contributed by atoms with Gasteiger partial charge in [-0.1, -0.05) is 0 Å². The normalized spacial score (nSPS) is 13.7. The van der Waals surface area contributed by atoms with Gasteiger partial charge in [-0.3, -0.25) is 24.0 Å². The number of carboxylic acid groups (broad SMARTS) is 2. The minimum atomic E-state index is -1.66. The maximum Gasteiger partial charge on any atom is 0.326 e. The Hall–Kier alpha value is -3.22. The zero-order chi connectivity index (χ0) is 20.4. The Balaban J connectivity index is 5.08. The number of hydrogen-bond acceptors (Lipinski definition) is 7. The van der Waals surface area contributed by atoms with E-state index in [1.165, 1.54) is 0 Å². The van der Waals surface area contributed by atoms with Crippen molar-refractivity contribution >= 4 is 35.6 Å². The minimum Gasteiger partial charge on any atom is -0.481 e. The second-order valence-electron chi connectivity index (χ2n) is 5.34. The van der Waals surface area contributed by atoms with Crippen LogP contribution in [0.4, 0.5) is 0 Å². The molecule has 0 rings (SSSR count). The highest BCUT2D eigenvalue weighted by molar-refractivity contribution is 5.95. The molecule has 0 aromatic rings. The van der Waals surface area contributed by atoms with Crippen molar-refractivity contribution in [2.75, 3.05) is 0 Å². The number of nitrogens with two attached hydrogens (primary N) is 3. The van der Waals surface area contributed by atoms with Gasteiger partial charge in [0.05, 0.1) is 18.9 Å². The quantitative estimate of drug-likeness (QED) is 0.175. The third-order valence-corrected chi connectivity index (χ3v) is 3.06. The molecule has 0 fully saturated rings. The molecule has 0 aromatic heterocycles. The Morgan fingerprint density at radius 3 is 1.77 bits per heavy atom. The molecule has 0 aliphatic rings. The summed E-state index contributed by atoms with van der Waals surface area (Å²) in [6.07, 6.45) is -2.07. The maximum atomic E-state index is 12.1. The van der Waals surface area contributed by atoms with E-state index in [0.717, 1.165) is 0 Å². The van der Waals surface area contributed by atoms with E-state index in [2.05, 4.69) is 0 Å². The summed E-state index contributed by atoms with van der Waals surface area (Å²) < 4.78 is 0. The highest BCUT2D eigenvalue weighted by Crippen LogP contribution is 2.01. The first-order chi connectivity index (χ1) is 11.9. The standard InChI is InChI=1S/C13H21N5O8/c14-5(3-9(16)20)11(23)18-7(4-10(21)22)12(24)17-6(13(25)26)1-2-8(15)19/h5-7H,1-4,14H2,(H2,15,19)(H2,16,20)(H,17,24)(H,18,23)(H,21,22)(H,25,26)/t5-,6-,7-/m0/s1. The molecule has 146 valence electrons. The summed E-state index contributed by atoms with van der Waals surface area (Å²) in [6, 6.07) is -4.60. The van der Waals surface area contributed by atoms with Gasteiger partial charge in [0.25, 0.3) is 0 Å². The van der Waals surface area contributed by atoms with E-state index in [0.29, 0.717) is 0 Å². The fraction of sp³-hybridized carbons (Fsp3) is 0.538. The van der Waals surface area contributed by atoms with Crippen molar-refractivity contribution in [3.05, 3.63) is 0 Å². The minimum absolute atomic E-state index is 0.328. The van der Waals surface area contributed by atoms with Crippen LogP contribution in [-0.4, -0.2) is 63.9 Å². The highest BCUT2D eigenvalue weighted by Gasteiger charge is 2.30. The first kappa shape index (κ1) is 22.8. The molecule has 13 nitrogen and oxygen atoms in total. The molecule has 0 spiro atoms. The predicted molar refractivity (Wildman–Crippen MR) is 84.0 cm³/mol. The summed E-state index contributed by atoms with van der Waals surface area (Å²) in [5.74, 6) is -6.76.